The summed E-state index contributed by atoms with van der Waals surface area (Å²) in [5.74, 6) is 0.262. The van der Waals surface area contributed by atoms with Crippen LogP contribution in [0.15, 0.2) is 47.4 Å². The van der Waals surface area contributed by atoms with Crippen LogP contribution in [-0.2, 0) is 23.0 Å². The van der Waals surface area contributed by atoms with Gasteiger partial charge in [-0.15, -0.1) is 0 Å². The van der Waals surface area contributed by atoms with Crippen molar-refractivity contribution in [2.24, 2.45) is 0 Å². The van der Waals surface area contributed by atoms with E-state index in [2.05, 4.69) is 10.2 Å². The van der Waals surface area contributed by atoms with Crippen LogP contribution in [-0.4, -0.2) is 36.6 Å². The third kappa shape index (κ3) is 3.39. The molecule has 1 aliphatic rings. The molecule has 0 amide bonds. The average molecular weight is 438 g/mol. The number of halogens is 2. The van der Waals surface area contributed by atoms with Crippen LogP contribution in [0.1, 0.15) is 11.3 Å². The van der Waals surface area contributed by atoms with Crippen molar-refractivity contribution in [3.63, 3.8) is 0 Å². The molecular formula is C19H17Cl2N3O3S. The number of methoxy groups -OCH3 is 1. The van der Waals surface area contributed by atoms with Crippen LogP contribution >= 0.6 is 23.2 Å². The van der Waals surface area contributed by atoms with Crippen molar-refractivity contribution in [3.8, 4) is 17.0 Å². The van der Waals surface area contributed by atoms with Crippen molar-refractivity contribution in [1.29, 1.82) is 0 Å². The van der Waals surface area contributed by atoms with Gasteiger partial charge in [0.2, 0.25) is 10.0 Å². The van der Waals surface area contributed by atoms with Crippen LogP contribution in [0.4, 0.5) is 0 Å². The number of hydrogen-bond acceptors (Lipinski definition) is 4. The average Bonchev–Trinajstić information content (AvgIpc) is 3.11. The number of nitrogens with one attached hydrogen (secondary N) is 1. The Hall–Kier alpha value is -2.06. The summed E-state index contributed by atoms with van der Waals surface area (Å²) >= 11 is 12.1. The summed E-state index contributed by atoms with van der Waals surface area (Å²) in [5, 5.41) is 8.35. The molecule has 146 valence electrons. The Morgan fingerprint density at radius 3 is 2.68 bits per heavy atom. The van der Waals surface area contributed by atoms with E-state index in [1.165, 1.54) is 17.5 Å². The van der Waals surface area contributed by atoms with E-state index in [9.17, 15) is 8.42 Å². The molecule has 0 unspecified atom stereocenters. The lowest BCUT2D eigenvalue weighted by Gasteiger charge is -2.27. The van der Waals surface area contributed by atoms with Gasteiger partial charge >= 0.3 is 0 Å². The molecule has 9 heteroatoms. The molecule has 0 atom stereocenters. The van der Waals surface area contributed by atoms with E-state index in [4.69, 9.17) is 27.9 Å². The lowest BCUT2D eigenvalue weighted by Crippen LogP contribution is -2.36. The predicted molar refractivity (Wildman–Crippen MR) is 108 cm³/mol. The molecule has 0 saturated carbocycles. The normalized spacial score (nSPS) is 14.7. The van der Waals surface area contributed by atoms with Gasteiger partial charge in [0.15, 0.2) is 0 Å². The number of H-pyrrole nitrogens is 1. The first-order valence-electron chi connectivity index (χ1n) is 8.56. The van der Waals surface area contributed by atoms with Crippen LogP contribution in [0.25, 0.3) is 11.3 Å². The number of benzene rings is 2. The molecule has 4 rings (SSSR count). The van der Waals surface area contributed by atoms with Gasteiger partial charge in [-0.2, -0.15) is 9.40 Å². The van der Waals surface area contributed by atoms with E-state index in [-0.39, 0.29) is 17.2 Å². The SMILES string of the molecule is COc1ccc(Cl)cc1S(=O)(=O)N1CCc2[nH]nc(-c3cccc(Cl)c3)c2C1. The summed E-state index contributed by atoms with van der Waals surface area (Å²) in [4.78, 5) is 0.0544. The number of ether oxygens (including phenoxy) is 1. The molecule has 6 nitrogen and oxygen atoms in total. The Balaban J connectivity index is 1.73. The maximum atomic E-state index is 13.3. The zero-order valence-electron chi connectivity index (χ0n) is 14.9. The quantitative estimate of drug-likeness (QED) is 0.665. The number of nitrogens with zero attached hydrogens (tertiary/aromatic N) is 2. The summed E-state index contributed by atoms with van der Waals surface area (Å²) in [6.07, 6.45) is 0.533. The number of hydrogen-bond donors (Lipinski definition) is 1. The fourth-order valence-electron chi connectivity index (χ4n) is 3.34. The van der Waals surface area contributed by atoms with Crippen molar-refractivity contribution >= 4 is 33.2 Å². The summed E-state index contributed by atoms with van der Waals surface area (Å²) < 4.78 is 33.2. The first kappa shape index (κ1) is 19.3. The van der Waals surface area contributed by atoms with E-state index >= 15 is 0 Å². The number of rotatable bonds is 4. The molecular weight excluding hydrogens is 421 g/mol. The summed E-state index contributed by atoms with van der Waals surface area (Å²) in [7, 11) is -2.36. The topological polar surface area (TPSA) is 75.3 Å². The zero-order chi connectivity index (χ0) is 19.9. The first-order chi connectivity index (χ1) is 13.4. The second-order valence-corrected chi connectivity index (χ2v) is 9.20. The monoisotopic (exact) mass is 437 g/mol. The lowest BCUT2D eigenvalue weighted by atomic mass is 10.0. The zero-order valence-corrected chi connectivity index (χ0v) is 17.3. The molecule has 0 saturated heterocycles. The van der Waals surface area contributed by atoms with E-state index in [1.807, 2.05) is 18.2 Å². The molecule has 0 bridgehead atoms. The van der Waals surface area contributed by atoms with Gasteiger partial charge in [0.25, 0.3) is 0 Å². The van der Waals surface area contributed by atoms with Gasteiger partial charge in [0.05, 0.1) is 12.8 Å². The van der Waals surface area contributed by atoms with Gasteiger partial charge < -0.3 is 4.74 Å². The van der Waals surface area contributed by atoms with E-state index in [0.717, 1.165) is 16.8 Å². The number of fused-ring (bicyclic) bond motifs is 1. The Bertz CT molecular complexity index is 1150. The number of sulfonamides is 1. The maximum Gasteiger partial charge on any atom is 0.247 e. The Morgan fingerprint density at radius 1 is 1.14 bits per heavy atom. The second-order valence-electron chi connectivity index (χ2n) is 6.42. The molecule has 1 aromatic heterocycles. The van der Waals surface area contributed by atoms with Crippen LogP contribution in [0.5, 0.6) is 5.75 Å². The maximum absolute atomic E-state index is 13.3. The van der Waals surface area contributed by atoms with Crippen molar-refractivity contribution in [2.45, 2.75) is 17.9 Å². The molecule has 28 heavy (non-hydrogen) atoms. The van der Waals surface area contributed by atoms with E-state index in [0.29, 0.717) is 28.7 Å². The fourth-order valence-corrected chi connectivity index (χ4v) is 5.36. The van der Waals surface area contributed by atoms with E-state index < -0.39 is 10.0 Å². The molecule has 0 aliphatic carbocycles. The minimum atomic E-state index is -3.80. The van der Waals surface area contributed by atoms with Crippen molar-refractivity contribution in [3.05, 3.63) is 63.8 Å². The predicted octanol–water partition coefficient (Wildman–Crippen LogP) is 4.14. The lowest BCUT2D eigenvalue weighted by molar-refractivity contribution is 0.377. The minimum absolute atomic E-state index is 0.0544. The van der Waals surface area contributed by atoms with Gasteiger partial charge in [-0.25, -0.2) is 8.42 Å². The molecule has 2 heterocycles. The van der Waals surface area contributed by atoms with Crippen LogP contribution < -0.4 is 4.74 Å². The molecule has 1 N–H and O–H groups in total. The highest BCUT2D eigenvalue weighted by Crippen LogP contribution is 2.35. The molecule has 3 aromatic rings. The summed E-state index contributed by atoms with van der Waals surface area (Å²) in [6.45, 7) is 0.536. The summed E-state index contributed by atoms with van der Waals surface area (Å²) in [5.41, 5.74) is 3.32. The van der Waals surface area contributed by atoms with E-state index in [1.54, 1.807) is 18.2 Å². The third-order valence-electron chi connectivity index (χ3n) is 4.74. The smallest absolute Gasteiger partial charge is 0.247 e. The van der Waals surface area contributed by atoms with Gasteiger partial charge in [0, 0.05) is 46.4 Å². The molecule has 1 aliphatic heterocycles. The highest BCUT2D eigenvalue weighted by atomic mass is 35.5. The molecule has 0 radical (unpaired) electrons. The minimum Gasteiger partial charge on any atom is -0.495 e. The highest BCUT2D eigenvalue weighted by Gasteiger charge is 2.33. The largest absolute Gasteiger partial charge is 0.495 e. The number of aromatic nitrogens is 2. The van der Waals surface area contributed by atoms with Crippen LogP contribution in [0, 0.1) is 0 Å². The molecule has 0 spiro atoms. The van der Waals surface area contributed by atoms with Crippen molar-refractivity contribution in [2.75, 3.05) is 13.7 Å². The van der Waals surface area contributed by atoms with Crippen molar-refractivity contribution in [1.82, 2.24) is 14.5 Å². The fraction of sp³-hybridized carbons (Fsp3) is 0.211. The standard InChI is InChI=1S/C19H17Cl2N3O3S/c1-27-17-6-5-14(21)10-18(17)28(25,26)24-8-7-16-15(11-24)19(23-22-16)12-3-2-4-13(20)9-12/h2-6,9-10H,7-8,11H2,1H3,(H,22,23). The molecule has 2 aromatic carbocycles. The van der Waals surface area contributed by atoms with Crippen LogP contribution in [0.2, 0.25) is 10.0 Å². The third-order valence-corrected chi connectivity index (χ3v) is 7.08. The Kier molecular flexibility index (Phi) is 5.09. The van der Waals surface area contributed by atoms with Gasteiger partial charge in [-0.1, -0.05) is 35.3 Å². The molecule has 0 fully saturated rings. The van der Waals surface area contributed by atoms with Gasteiger partial charge in [-0.05, 0) is 30.3 Å². The van der Waals surface area contributed by atoms with Crippen LogP contribution in [0.3, 0.4) is 0 Å². The van der Waals surface area contributed by atoms with Gasteiger partial charge in [-0.3, -0.25) is 5.10 Å². The highest BCUT2D eigenvalue weighted by molar-refractivity contribution is 7.89. The second kappa shape index (κ2) is 7.40. The first-order valence-corrected chi connectivity index (χ1v) is 10.8. The van der Waals surface area contributed by atoms with Crippen molar-refractivity contribution < 1.29 is 13.2 Å². The number of aromatic amines is 1. The Labute approximate surface area is 173 Å². The Morgan fingerprint density at radius 2 is 1.93 bits per heavy atom. The van der Waals surface area contributed by atoms with Gasteiger partial charge in [0.1, 0.15) is 10.6 Å². The summed E-state index contributed by atoms with van der Waals surface area (Å²) in [6, 6.07) is 11.9.